The summed E-state index contributed by atoms with van der Waals surface area (Å²) in [6.45, 7) is 5.27. The Hall–Kier alpha value is -2.44. The summed E-state index contributed by atoms with van der Waals surface area (Å²) in [4.78, 5) is 14.7. The van der Waals surface area contributed by atoms with E-state index in [9.17, 15) is 9.18 Å². The van der Waals surface area contributed by atoms with Gasteiger partial charge in [0.1, 0.15) is 18.2 Å². The highest BCUT2D eigenvalue weighted by molar-refractivity contribution is 5.95. The zero-order valence-electron chi connectivity index (χ0n) is 17.1. The fourth-order valence-corrected chi connectivity index (χ4v) is 3.48. The van der Waals surface area contributed by atoms with Crippen molar-refractivity contribution >= 4 is 5.91 Å². The number of nitrogens with one attached hydrogen (secondary N) is 1. The molecule has 0 atom stereocenters. The lowest BCUT2D eigenvalue weighted by atomic mass is 10.1. The SMILES string of the molecule is Cc1ccc(F)cc1C(=O)NCc1cccc(OCCN(C)C2CCOCC2)c1. The monoisotopic (exact) mass is 400 g/mol. The number of hydrogen-bond donors (Lipinski definition) is 1. The standard InChI is InChI=1S/C23H29FN2O3/c1-17-6-7-19(24)15-22(17)23(27)25-16-18-4-3-5-21(14-18)29-13-10-26(2)20-8-11-28-12-9-20/h3-7,14-15,20H,8-13,16H2,1-2H3,(H,25,27). The lowest BCUT2D eigenvalue weighted by Crippen LogP contribution is -2.38. The Labute approximate surface area is 171 Å². The zero-order chi connectivity index (χ0) is 20.6. The molecule has 1 N–H and O–H groups in total. The molecule has 0 spiro atoms. The highest BCUT2D eigenvalue weighted by Gasteiger charge is 2.18. The molecule has 6 heteroatoms. The summed E-state index contributed by atoms with van der Waals surface area (Å²) in [5.74, 6) is 0.0762. The summed E-state index contributed by atoms with van der Waals surface area (Å²) in [6.07, 6.45) is 2.13. The number of likely N-dealkylation sites (N-methyl/N-ethyl adjacent to an activating group) is 1. The topological polar surface area (TPSA) is 50.8 Å². The van der Waals surface area contributed by atoms with Gasteiger partial charge in [0.2, 0.25) is 0 Å². The predicted molar refractivity (Wildman–Crippen MR) is 111 cm³/mol. The van der Waals surface area contributed by atoms with Crippen LogP contribution in [-0.2, 0) is 11.3 Å². The van der Waals surface area contributed by atoms with Gasteiger partial charge in [0, 0.05) is 37.9 Å². The number of carbonyl (C=O) groups excluding carboxylic acids is 1. The molecule has 1 fully saturated rings. The van der Waals surface area contributed by atoms with Crippen LogP contribution in [0.1, 0.15) is 34.3 Å². The first kappa shape index (κ1) is 21.3. The van der Waals surface area contributed by atoms with E-state index in [4.69, 9.17) is 9.47 Å². The largest absolute Gasteiger partial charge is 0.492 e. The number of rotatable bonds is 8. The van der Waals surface area contributed by atoms with Crippen LogP contribution in [0.25, 0.3) is 0 Å². The number of benzene rings is 2. The Morgan fingerprint density at radius 1 is 1.24 bits per heavy atom. The Morgan fingerprint density at radius 3 is 2.83 bits per heavy atom. The van der Waals surface area contributed by atoms with E-state index in [2.05, 4.69) is 17.3 Å². The Balaban J connectivity index is 1.47. The van der Waals surface area contributed by atoms with Gasteiger partial charge in [-0.25, -0.2) is 4.39 Å². The summed E-state index contributed by atoms with van der Waals surface area (Å²) in [5, 5.41) is 2.85. The molecule has 0 saturated carbocycles. The van der Waals surface area contributed by atoms with Crippen molar-refractivity contribution < 1.29 is 18.7 Å². The first-order valence-corrected chi connectivity index (χ1v) is 10.1. The molecule has 1 saturated heterocycles. The Morgan fingerprint density at radius 2 is 2.03 bits per heavy atom. The van der Waals surface area contributed by atoms with E-state index in [0.29, 0.717) is 24.8 Å². The maximum absolute atomic E-state index is 13.4. The summed E-state index contributed by atoms with van der Waals surface area (Å²) >= 11 is 0. The normalized spacial score (nSPS) is 14.8. The molecule has 3 rings (SSSR count). The third kappa shape index (κ3) is 6.27. The molecule has 29 heavy (non-hydrogen) atoms. The maximum Gasteiger partial charge on any atom is 0.251 e. The molecule has 156 valence electrons. The summed E-state index contributed by atoms with van der Waals surface area (Å²) in [6, 6.07) is 12.5. The van der Waals surface area contributed by atoms with Crippen LogP contribution in [0.4, 0.5) is 4.39 Å². The molecule has 1 aliphatic heterocycles. The molecular formula is C23H29FN2O3. The summed E-state index contributed by atoms with van der Waals surface area (Å²) < 4.78 is 24.7. The van der Waals surface area contributed by atoms with Gasteiger partial charge in [0.25, 0.3) is 5.91 Å². The van der Waals surface area contributed by atoms with Gasteiger partial charge < -0.3 is 14.8 Å². The van der Waals surface area contributed by atoms with Crippen molar-refractivity contribution in [1.29, 1.82) is 0 Å². The molecular weight excluding hydrogens is 371 g/mol. The van der Waals surface area contributed by atoms with Gasteiger partial charge in [0.15, 0.2) is 0 Å². The number of hydrogen-bond acceptors (Lipinski definition) is 4. The van der Waals surface area contributed by atoms with E-state index in [1.165, 1.54) is 12.1 Å². The average Bonchev–Trinajstić information content (AvgIpc) is 2.74. The minimum absolute atomic E-state index is 0.286. The smallest absolute Gasteiger partial charge is 0.251 e. The van der Waals surface area contributed by atoms with Gasteiger partial charge in [-0.3, -0.25) is 9.69 Å². The number of ether oxygens (including phenoxy) is 2. The number of aryl methyl sites for hydroxylation is 1. The summed E-state index contributed by atoms with van der Waals surface area (Å²) in [7, 11) is 2.12. The molecule has 0 radical (unpaired) electrons. The predicted octanol–water partition coefficient (Wildman–Crippen LogP) is 3.55. The van der Waals surface area contributed by atoms with Crippen molar-refractivity contribution in [3.05, 3.63) is 65.0 Å². The number of amides is 1. The molecule has 0 bridgehead atoms. The molecule has 1 heterocycles. The van der Waals surface area contributed by atoms with Crippen LogP contribution in [0.3, 0.4) is 0 Å². The second kappa shape index (κ2) is 10.4. The van der Waals surface area contributed by atoms with E-state index in [1.54, 1.807) is 13.0 Å². The molecule has 0 aromatic heterocycles. The molecule has 1 aliphatic rings. The van der Waals surface area contributed by atoms with Crippen molar-refractivity contribution in [3.63, 3.8) is 0 Å². The Kier molecular flexibility index (Phi) is 7.61. The van der Waals surface area contributed by atoms with Gasteiger partial charge in [-0.15, -0.1) is 0 Å². The molecule has 1 amide bonds. The molecule has 0 unspecified atom stereocenters. The van der Waals surface area contributed by atoms with E-state index in [-0.39, 0.29) is 5.91 Å². The zero-order valence-corrected chi connectivity index (χ0v) is 17.1. The summed E-state index contributed by atoms with van der Waals surface area (Å²) in [5.41, 5.74) is 2.03. The van der Waals surface area contributed by atoms with Crippen LogP contribution >= 0.6 is 0 Å². The fourth-order valence-electron chi connectivity index (χ4n) is 3.48. The fraction of sp³-hybridized carbons (Fsp3) is 0.435. The van der Waals surface area contributed by atoms with Crippen LogP contribution in [0.5, 0.6) is 5.75 Å². The minimum atomic E-state index is -0.415. The second-order valence-corrected chi connectivity index (χ2v) is 7.46. The number of nitrogens with zero attached hydrogens (tertiary/aromatic N) is 1. The van der Waals surface area contributed by atoms with Gasteiger partial charge in [-0.2, -0.15) is 0 Å². The van der Waals surface area contributed by atoms with E-state index >= 15 is 0 Å². The third-order valence-electron chi connectivity index (χ3n) is 5.32. The van der Waals surface area contributed by atoms with Crippen molar-refractivity contribution in [3.8, 4) is 5.75 Å². The van der Waals surface area contributed by atoms with Crippen molar-refractivity contribution in [2.75, 3.05) is 33.4 Å². The van der Waals surface area contributed by atoms with Gasteiger partial charge in [0.05, 0.1) is 0 Å². The highest BCUT2D eigenvalue weighted by Crippen LogP contribution is 2.16. The quantitative estimate of drug-likeness (QED) is 0.736. The lowest BCUT2D eigenvalue weighted by molar-refractivity contribution is 0.0392. The van der Waals surface area contributed by atoms with Crippen LogP contribution in [-0.4, -0.2) is 50.3 Å². The van der Waals surface area contributed by atoms with Gasteiger partial charge in [-0.05, 0) is 62.2 Å². The van der Waals surface area contributed by atoms with Gasteiger partial charge >= 0.3 is 0 Å². The van der Waals surface area contributed by atoms with Crippen LogP contribution in [0.15, 0.2) is 42.5 Å². The third-order valence-corrected chi connectivity index (χ3v) is 5.32. The molecule has 0 aliphatic carbocycles. The maximum atomic E-state index is 13.4. The molecule has 2 aromatic rings. The van der Waals surface area contributed by atoms with Crippen LogP contribution < -0.4 is 10.1 Å². The second-order valence-electron chi connectivity index (χ2n) is 7.46. The first-order valence-electron chi connectivity index (χ1n) is 10.1. The van der Waals surface area contributed by atoms with Crippen molar-refractivity contribution in [2.24, 2.45) is 0 Å². The number of carbonyl (C=O) groups is 1. The molecule has 5 nitrogen and oxygen atoms in total. The number of halogens is 1. The van der Waals surface area contributed by atoms with Crippen molar-refractivity contribution in [2.45, 2.75) is 32.4 Å². The highest BCUT2D eigenvalue weighted by atomic mass is 19.1. The Bertz CT molecular complexity index is 822. The minimum Gasteiger partial charge on any atom is -0.492 e. The van der Waals surface area contributed by atoms with Gasteiger partial charge in [-0.1, -0.05) is 18.2 Å². The van der Waals surface area contributed by atoms with E-state index < -0.39 is 5.82 Å². The van der Waals surface area contributed by atoms with E-state index in [1.807, 2.05) is 24.3 Å². The average molecular weight is 400 g/mol. The van der Waals surface area contributed by atoms with Crippen LogP contribution in [0.2, 0.25) is 0 Å². The van der Waals surface area contributed by atoms with E-state index in [0.717, 1.165) is 49.5 Å². The molecule has 2 aromatic carbocycles. The van der Waals surface area contributed by atoms with Crippen molar-refractivity contribution in [1.82, 2.24) is 10.2 Å². The van der Waals surface area contributed by atoms with Crippen LogP contribution in [0, 0.1) is 12.7 Å². The lowest BCUT2D eigenvalue weighted by Gasteiger charge is -2.31. The first-order chi connectivity index (χ1) is 14.0.